The lowest BCUT2D eigenvalue weighted by molar-refractivity contribution is -0.159. The molecule has 4 rings (SSSR count). The molecule has 170 valence electrons. The third kappa shape index (κ3) is 6.27. The second kappa shape index (κ2) is 11.1. The summed E-state index contributed by atoms with van der Waals surface area (Å²) in [6.07, 6.45) is 0. The highest BCUT2D eigenvalue weighted by molar-refractivity contribution is 7.12. The topological polar surface area (TPSA) is 115 Å². The normalized spacial score (nSPS) is 13.0. The second-order valence-electron chi connectivity index (χ2n) is 7.12. The maximum atomic E-state index is 12.8. The number of hydrogen-bond donors (Lipinski definition) is 2. The van der Waals surface area contributed by atoms with E-state index >= 15 is 0 Å². The van der Waals surface area contributed by atoms with Gasteiger partial charge in [0.1, 0.15) is 0 Å². The standard InChI is InChI=1S/C22H20N2O2S.C2H2O4/c25-21(19-10-8-18(9-11-19)17-5-2-1-3-6-17)23-12-14-24(15-13-23)22(26)20-7-4-16-27-20;3-1(4)2(5)6/h1-11,16H,12-15H2;(H,3,4)(H,5,6). The molecule has 0 saturated carbocycles. The van der Waals surface area contributed by atoms with Crippen LogP contribution in [-0.4, -0.2) is 69.9 Å². The number of nitrogens with zero attached hydrogens (tertiary/aromatic N) is 2. The fourth-order valence-corrected chi connectivity index (χ4v) is 3.98. The zero-order valence-corrected chi connectivity index (χ0v) is 18.4. The van der Waals surface area contributed by atoms with Crippen molar-refractivity contribution in [1.29, 1.82) is 0 Å². The van der Waals surface area contributed by atoms with E-state index in [2.05, 4.69) is 12.1 Å². The molecule has 8 nitrogen and oxygen atoms in total. The number of carbonyl (C=O) groups excluding carboxylic acids is 2. The molecule has 9 heteroatoms. The number of carboxylic acids is 2. The summed E-state index contributed by atoms with van der Waals surface area (Å²) in [7, 11) is 0. The van der Waals surface area contributed by atoms with Crippen LogP contribution in [0, 0.1) is 0 Å². The molecular formula is C24H22N2O6S. The first kappa shape index (κ1) is 23.7. The lowest BCUT2D eigenvalue weighted by Crippen LogP contribution is -2.50. The van der Waals surface area contributed by atoms with Crippen LogP contribution in [0.3, 0.4) is 0 Å². The minimum absolute atomic E-state index is 0.0258. The summed E-state index contributed by atoms with van der Waals surface area (Å²) < 4.78 is 0. The van der Waals surface area contributed by atoms with E-state index in [1.807, 2.05) is 69.8 Å². The van der Waals surface area contributed by atoms with Gasteiger partial charge in [-0.2, -0.15) is 0 Å². The smallest absolute Gasteiger partial charge is 0.414 e. The summed E-state index contributed by atoms with van der Waals surface area (Å²) in [6, 6.07) is 21.6. The Morgan fingerprint density at radius 2 is 1.15 bits per heavy atom. The number of piperazine rings is 1. The summed E-state index contributed by atoms with van der Waals surface area (Å²) in [6.45, 7) is 2.28. The molecule has 2 N–H and O–H groups in total. The number of amides is 2. The number of carbonyl (C=O) groups is 4. The molecule has 1 fully saturated rings. The van der Waals surface area contributed by atoms with Crippen LogP contribution in [0.2, 0.25) is 0 Å². The molecule has 2 heterocycles. The fraction of sp³-hybridized carbons (Fsp3) is 0.167. The molecule has 2 aromatic carbocycles. The minimum Gasteiger partial charge on any atom is -0.473 e. The van der Waals surface area contributed by atoms with Crippen LogP contribution in [0.4, 0.5) is 0 Å². The van der Waals surface area contributed by atoms with E-state index in [1.165, 1.54) is 11.3 Å². The van der Waals surface area contributed by atoms with E-state index in [4.69, 9.17) is 19.8 Å². The SMILES string of the molecule is O=C(O)C(=O)O.O=C(c1ccc(-c2ccccc2)cc1)N1CCN(C(=O)c2cccs2)CC1. The first-order valence-electron chi connectivity index (χ1n) is 10.1. The van der Waals surface area contributed by atoms with Crippen LogP contribution in [0.25, 0.3) is 11.1 Å². The average molecular weight is 467 g/mol. The number of rotatable bonds is 3. The average Bonchev–Trinajstić information content (AvgIpc) is 3.39. The molecule has 33 heavy (non-hydrogen) atoms. The van der Waals surface area contributed by atoms with Crippen LogP contribution in [0.1, 0.15) is 20.0 Å². The molecule has 0 aliphatic carbocycles. The number of carboxylic acid groups (broad SMARTS) is 2. The zero-order chi connectivity index (χ0) is 23.8. The van der Waals surface area contributed by atoms with Gasteiger partial charge in [0, 0.05) is 31.7 Å². The van der Waals surface area contributed by atoms with Crippen molar-refractivity contribution in [3.63, 3.8) is 0 Å². The van der Waals surface area contributed by atoms with Crippen molar-refractivity contribution in [2.45, 2.75) is 0 Å². The summed E-state index contributed by atoms with van der Waals surface area (Å²) in [5.41, 5.74) is 2.92. The highest BCUT2D eigenvalue weighted by atomic mass is 32.1. The Balaban J connectivity index is 0.000000454. The van der Waals surface area contributed by atoms with Crippen molar-refractivity contribution >= 4 is 35.1 Å². The summed E-state index contributed by atoms with van der Waals surface area (Å²) in [5, 5.41) is 16.7. The van der Waals surface area contributed by atoms with E-state index in [9.17, 15) is 9.59 Å². The Kier molecular flexibility index (Phi) is 7.93. The molecule has 0 spiro atoms. The Hall–Kier alpha value is -3.98. The Morgan fingerprint density at radius 3 is 1.64 bits per heavy atom. The summed E-state index contributed by atoms with van der Waals surface area (Å²) in [5.74, 6) is -3.56. The van der Waals surface area contributed by atoms with Crippen molar-refractivity contribution in [2.75, 3.05) is 26.2 Å². The number of benzene rings is 2. The van der Waals surface area contributed by atoms with Gasteiger partial charge in [-0.3, -0.25) is 9.59 Å². The van der Waals surface area contributed by atoms with Gasteiger partial charge in [0.15, 0.2) is 0 Å². The van der Waals surface area contributed by atoms with E-state index < -0.39 is 11.9 Å². The van der Waals surface area contributed by atoms with Gasteiger partial charge in [-0.1, -0.05) is 48.5 Å². The molecule has 1 aromatic heterocycles. The van der Waals surface area contributed by atoms with E-state index in [-0.39, 0.29) is 11.8 Å². The third-order valence-electron chi connectivity index (χ3n) is 5.01. The highest BCUT2D eigenvalue weighted by Crippen LogP contribution is 2.20. The Morgan fingerprint density at radius 1 is 0.636 bits per heavy atom. The van der Waals surface area contributed by atoms with Crippen molar-refractivity contribution in [1.82, 2.24) is 9.80 Å². The molecule has 0 unspecified atom stereocenters. The fourth-order valence-electron chi connectivity index (χ4n) is 3.29. The summed E-state index contributed by atoms with van der Waals surface area (Å²) in [4.78, 5) is 47.8. The number of thiophene rings is 1. The Labute approximate surface area is 194 Å². The van der Waals surface area contributed by atoms with Crippen molar-refractivity contribution < 1.29 is 29.4 Å². The van der Waals surface area contributed by atoms with Gasteiger partial charge in [0.2, 0.25) is 0 Å². The molecular weight excluding hydrogens is 444 g/mol. The first-order chi connectivity index (χ1) is 15.9. The van der Waals surface area contributed by atoms with Gasteiger partial charge >= 0.3 is 11.9 Å². The van der Waals surface area contributed by atoms with E-state index in [0.29, 0.717) is 31.7 Å². The monoisotopic (exact) mass is 466 g/mol. The first-order valence-corrected chi connectivity index (χ1v) is 11.0. The van der Waals surface area contributed by atoms with Crippen molar-refractivity contribution in [3.8, 4) is 11.1 Å². The number of aliphatic carboxylic acids is 2. The van der Waals surface area contributed by atoms with Crippen LogP contribution in [0.15, 0.2) is 72.1 Å². The predicted octanol–water partition coefficient (Wildman–Crippen LogP) is 3.17. The van der Waals surface area contributed by atoms with Gasteiger partial charge in [-0.15, -0.1) is 11.3 Å². The minimum atomic E-state index is -1.82. The van der Waals surface area contributed by atoms with Gasteiger partial charge in [-0.25, -0.2) is 9.59 Å². The molecule has 0 atom stereocenters. The van der Waals surface area contributed by atoms with Crippen molar-refractivity contribution in [3.05, 3.63) is 82.6 Å². The second-order valence-corrected chi connectivity index (χ2v) is 8.06. The van der Waals surface area contributed by atoms with Gasteiger partial charge < -0.3 is 20.0 Å². The highest BCUT2D eigenvalue weighted by Gasteiger charge is 2.25. The number of hydrogen-bond acceptors (Lipinski definition) is 5. The van der Waals surface area contributed by atoms with E-state index in [0.717, 1.165) is 16.0 Å². The lowest BCUT2D eigenvalue weighted by atomic mass is 10.0. The van der Waals surface area contributed by atoms with Crippen LogP contribution >= 0.6 is 11.3 Å². The lowest BCUT2D eigenvalue weighted by Gasteiger charge is -2.34. The molecule has 0 bridgehead atoms. The van der Waals surface area contributed by atoms with Crippen LogP contribution < -0.4 is 0 Å². The maximum Gasteiger partial charge on any atom is 0.414 e. The quantitative estimate of drug-likeness (QED) is 0.573. The molecule has 0 radical (unpaired) electrons. The van der Waals surface area contributed by atoms with Gasteiger partial charge in [0.05, 0.1) is 4.88 Å². The largest absolute Gasteiger partial charge is 0.473 e. The van der Waals surface area contributed by atoms with Gasteiger partial charge in [0.25, 0.3) is 11.8 Å². The molecule has 1 saturated heterocycles. The zero-order valence-electron chi connectivity index (χ0n) is 17.6. The van der Waals surface area contributed by atoms with Crippen LogP contribution in [0.5, 0.6) is 0 Å². The third-order valence-corrected chi connectivity index (χ3v) is 5.87. The molecule has 1 aliphatic heterocycles. The predicted molar refractivity (Wildman–Crippen MR) is 123 cm³/mol. The van der Waals surface area contributed by atoms with E-state index in [1.54, 1.807) is 0 Å². The van der Waals surface area contributed by atoms with Crippen LogP contribution in [-0.2, 0) is 9.59 Å². The Bertz CT molecular complexity index is 1090. The van der Waals surface area contributed by atoms with Crippen molar-refractivity contribution in [2.24, 2.45) is 0 Å². The maximum absolute atomic E-state index is 12.8. The summed E-state index contributed by atoms with van der Waals surface area (Å²) >= 11 is 1.46. The molecule has 2 amide bonds. The van der Waals surface area contributed by atoms with Gasteiger partial charge in [-0.05, 0) is 34.7 Å². The molecule has 3 aromatic rings. The molecule has 1 aliphatic rings.